The highest BCUT2D eigenvalue weighted by Gasteiger charge is 2.38. The average Bonchev–Trinajstić information content (AvgIpc) is 2.60. The lowest BCUT2D eigenvalue weighted by Gasteiger charge is -2.41. The number of rotatable bonds is 8. The predicted octanol–water partition coefficient (Wildman–Crippen LogP) is 4.75. The number of benzene rings is 1. The molecule has 0 bridgehead atoms. The smallest absolute Gasteiger partial charge is 0.326 e. The number of ether oxygens (including phenoxy) is 2. The number of hydrogen-bond donors (Lipinski definition) is 0. The second kappa shape index (κ2) is 8.24. The third-order valence-electron chi connectivity index (χ3n) is 5.27. The summed E-state index contributed by atoms with van der Waals surface area (Å²) in [4.78, 5) is 0. The zero-order valence-corrected chi connectivity index (χ0v) is 16.3. The van der Waals surface area contributed by atoms with Crippen molar-refractivity contribution in [3.8, 4) is 5.75 Å². The maximum atomic E-state index is 6.08. The van der Waals surface area contributed by atoms with Crippen molar-refractivity contribution in [1.82, 2.24) is 0 Å². The first-order valence-corrected chi connectivity index (χ1v) is 8.89. The van der Waals surface area contributed by atoms with Crippen LogP contribution >= 0.6 is 0 Å². The molecule has 0 heterocycles. The third kappa shape index (κ3) is 5.23. The van der Waals surface area contributed by atoms with Crippen molar-refractivity contribution in [2.75, 3.05) is 13.7 Å². The molecule has 1 aliphatic rings. The Labute approximate surface area is 153 Å². The summed E-state index contributed by atoms with van der Waals surface area (Å²) in [5.41, 5.74) is 1.71. The van der Waals surface area contributed by atoms with Gasteiger partial charge in [0, 0.05) is 7.11 Å². The number of allylic oxidation sites excluding steroid dienone is 3. The van der Waals surface area contributed by atoms with E-state index in [2.05, 4.69) is 32.9 Å². The van der Waals surface area contributed by atoms with Gasteiger partial charge in [-0.05, 0) is 57.7 Å². The molecule has 1 aliphatic carbocycles. The predicted molar refractivity (Wildman–Crippen MR) is 104 cm³/mol. The summed E-state index contributed by atoms with van der Waals surface area (Å²) in [5, 5.41) is 0. The van der Waals surface area contributed by atoms with Gasteiger partial charge in [0.25, 0.3) is 0 Å². The van der Waals surface area contributed by atoms with Gasteiger partial charge in [-0.15, -0.1) is 0 Å². The number of methoxy groups -OCH3 is 1. The Morgan fingerprint density at radius 2 is 1.72 bits per heavy atom. The van der Waals surface area contributed by atoms with Crippen LogP contribution in [0.1, 0.15) is 41.0 Å². The van der Waals surface area contributed by atoms with Gasteiger partial charge in [-0.2, -0.15) is 0 Å². The highest BCUT2D eigenvalue weighted by Crippen LogP contribution is 2.31. The molecule has 4 heteroatoms. The van der Waals surface area contributed by atoms with Gasteiger partial charge in [-0.1, -0.05) is 42.7 Å². The second-order valence-electron chi connectivity index (χ2n) is 7.66. The van der Waals surface area contributed by atoms with Gasteiger partial charge in [0.05, 0.1) is 11.2 Å². The normalized spacial score (nSPS) is 18.4. The highest BCUT2D eigenvalue weighted by molar-refractivity contribution is 6.38. The maximum Gasteiger partial charge on any atom is 0.326 e. The summed E-state index contributed by atoms with van der Waals surface area (Å²) in [7, 11) is 3.60. The first-order chi connectivity index (χ1) is 11.7. The summed E-state index contributed by atoms with van der Waals surface area (Å²) >= 11 is 0. The van der Waals surface area contributed by atoms with Crippen molar-refractivity contribution in [3.63, 3.8) is 0 Å². The van der Waals surface area contributed by atoms with Crippen LogP contribution in [0, 0.1) is 5.92 Å². The molecular weight excluding hydrogens is 311 g/mol. The molecule has 1 aromatic rings. The highest BCUT2D eigenvalue weighted by atomic mass is 16.5. The van der Waals surface area contributed by atoms with E-state index in [9.17, 15) is 0 Å². The first kappa shape index (κ1) is 19.8. The maximum absolute atomic E-state index is 6.08. The largest absolute Gasteiger partial charge is 0.489 e. The Morgan fingerprint density at radius 1 is 1.04 bits per heavy atom. The van der Waals surface area contributed by atoms with E-state index in [1.165, 1.54) is 11.0 Å². The molecule has 0 N–H and O–H groups in total. The fourth-order valence-electron chi connectivity index (χ4n) is 2.52. The molecule has 135 valence electrons. The lowest BCUT2D eigenvalue weighted by molar-refractivity contribution is -0.114. The SMILES string of the molecule is COC(C)(C)C(C)(C)O[B]C1=CC=C(COc2ccccc2)CC1C. The summed E-state index contributed by atoms with van der Waals surface area (Å²) in [6, 6.07) is 9.93. The van der Waals surface area contributed by atoms with E-state index in [1.807, 2.05) is 51.7 Å². The molecule has 1 atom stereocenters. The van der Waals surface area contributed by atoms with Crippen LogP contribution in [0.2, 0.25) is 0 Å². The minimum Gasteiger partial charge on any atom is -0.489 e. The van der Waals surface area contributed by atoms with Crippen molar-refractivity contribution in [2.24, 2.45) is 5.92 Å². The monoisotopic (exact) mass is 341 g/mol. The molecule has 0 spiro atoms. The van der Waals surface area contributed by atoms with Gasteiger partial charge < -0.3 is 14.1 Å². The topological polar surface area (TPSA) is 27.7 Å². The van der Waals surface area contributed by atoms with Gasteiger partial charge in [-0.3, -0.25) is 0 Å². The van der Waals surface area contributed by atoms with Crippen LogP contribution in [-0.4, -0.2) is 32.4 Å². The number of hydrogen-bond acceptors (Lipinski definition) is 3. The second-order valence-corrected chi connectivity index (χ2v) is 7.66. The molecule has 0 fully saturated rings. The van der Waals surface area contributed by atoms with Gasteiger partial charge >= 0.3 is 7.48 Å². The van der Waals surface area contributed by atoms with Crippen LogP contribution in [0.5, 0.6) is 5.75 Å². The molecule has 0 aliphatic heterocycles. The summed E-state index contributed by atoms with van der Waals surface area (Å²) in [5.74, 6) is 1.31. The Hall–Kier alpha value is -1.52. The van der Waals surface area contributed by atoms with Crippen LogP contribution in [0.3, 0.4) is 0 Å². The third-order valence-corrected chi connectivity index (χ3v) is 5.27. The van der Waals surface area contributed by atoms with Gasteiger partial charge in [0.1, 0.15) is 12.4 Å². The zero-order valence-electron chi connectivity index (χ0n) is 16.3. The lowest BCUT2D eigenvalue weighted by Crippen LogP contribution is -2.49. The van der Waals surface area contributed by atoms with Crippen molar-refractivity contribution in [2.45, 2.75) is 52.2 Å². The fraction of sp³-hybridized carbons (Fsp3) is 0.524. The van der Waals surface area contributed by atoms with E-state index >= 15 is 0 Å². The number of para-hydroxylation sites is 1. The fourth-order valence-corrected chi connectivity index (χ4v) is 2.52. The lowest BCUT2D eigenvalue weighted by atomic mass is 9.72. The molecule has 0 saturated carbocycles. The van der Waals surface area contributed by atoms with E-state index in [0.717, 1.165) is 12.2 Å². The Balaban J connectivity index is 1.92. The van der Waals surface area contributed by atoms with Crippen LogP contribution < -0.4 is 4.74 Å². The molecule has 0 aromatic heterocycles. The molecule has 0 amide bonds. The Kier molecular flexibility index (Phi) is 6.53. The van der Waals surface area contributed by atoms with E-state index in [0.29, 0.717) is 12.5 Å². The molecule has 25 heavy (non-hydrogen) atoms. The van der Waals surface area contributed by atoms with E-state index in [4.69, 9.17) is 14.1 Å². The van der Waals surface area contributed by atoms with Crippen LogP contribution in [0.15, 0.2) is 53.5 Å². The molecule has 0 saturated heterocycles. The van der Waals surface area contributed by atoms with Crippen LogP contribution in [-0.2, 0) is 9.39 Å². The molecule has 2 rings (SSSR count). The zero-order chi connectivity index (χ0) is 18.5. The Morgan fingerprint density at radius 3 is 2.32 bits per heavy atom. The van der Waals surface area contributed by atoms with Crippen LogP contribution in [0.4, 0.5) is 0 Å². The van der Waals surface area contributed by atoms with Gasteiger partial charge in [-0.25, -0.2) is 0 Å². The summed E-state index contributed by atoms with van der Waals surface area (Å²) < 4.78 is 17.5. The summed E-state index contributed by atoms with van der Waals surface area (Å²) in [6.07, 6.45) is 5.26. The molecule has 1 unspecified atom stereocenters. The first-order valence-electron chi connectivity index (χ1n) is 8.89. The van der Waals surface area contributed by atoms with Crippen LogP contribution in [0.25, 0.3) is 0 Å². The minimum absolute atomic E-state index is 0.369. The average molecular weight is 341 g/mol. The van der Waals surface area contributed by atoms with Crippen molar-refractivity contribution in [3.05, 3.63) is 53.5 Å². The quantitative estimate of drug-likeness (QED) is 0.639. The van der Waals surface area contributed by atoms with E-state index in [-0.39, 0.29) is 5.60 Å². The van der Waals surface area contributed by atoms with Crippen molar-refractivity contribution < 1.29 is 14.1 Å². The summed E-state index contributed by atoms with van der Waals surface area (Å²) in [6.45, 7) is 11.0. The standard InChI is InChI=1S/C21H30BO3/c1-16-14-17(15-24-18-10-8-7-9-11-18)12-13-19(16)22-25-21(4,5)20(2,3)23-6/h7-13,16H,14-15H2,1-6H3. The minimum atomic E-state index is -0.414. The molecule has 1 radical (unpaired) electrons. The van der Waals surface area contributed by atoms with Gasteiger partial charge in [0.15, 0.2) is 0 Å². The van der Waals surface area contributed by atoms with Crippen molar-refractivity contribution >= 4 is 7.48 Å². The molecule has 1 aromatic carbocycles. The van der Waals surface area contributed by atoms with E-state index in [1.54, 1.807) is 7.11 Å². The molecular formula is C21H30BO3. The molecule has 3 nitrogen and oxygen atoms in total. The Bertz CT molecular complexity index is 617. The van der Waals surface area contributed by atoms with E-state index < -0.39 is 5.60 Å². The van der Waals surface area contributed by atoms with Gasteiger partial charge in [0.2, 0.25) is 0 Å². The van der Waals surface area contributed by atoms with Crippen molar-refractivity contribution in [1.29, 1.82) is 0 Å².